The molecular weight excluding hydrogens is 372 g/mol. The standard InChI is InChI=1S/C22H36N2O3S/c1-2-3-18-28(25,26)24-15-10-20-8-9-22(19-21(20)11-16-24)27-17-7-14-23-12-5-4-6-13-23/h8-9,19H,2-7,10-18H2,1H3. The van der Waals surface area contributed by atoms with Crippen LogP contribution in [0, 0.1) is 0 Å². The van der Waals surface area contributed by atoms with Crippen LogP contribution in [0.15, 0.2) is 18.2 Å². The van der Waals surface area contributed by atoms with Gasteiger partial charge in [0, 0.05) is 19.6 Å². The van der Waals surface area contributed by atoms with E-state index in [4.69, 9.17) is 4.74 Å². The molecule has 3 rings (SSSR count). The quantitative estimate of drug-likeness (QED) is 0.587. The number of hydrogen-bond donors (Lipinski definition) is 0. The van der Waals surface area contributed by atoms with E-state index < -0.39 is 10.0 Å². The average molecular weight is 409 g/mol. The van der Waals surface area contributed by atoms with Crippen molar-refractivity contribution in [2.24, 2.45) is 0 Å². The molecule has 5 nitrogen and oxygen atoms in total. The van der Waals surface area contributed by atoms with Crippen LogP contribution in [-0.2, 0) is 22.9 Å². The van der Waals surface area contributed by atoms with E-state index in [1.165, 1.54) is 43.5 Å². The highest BCUT2D eigenvalue weighted by molar-refractivity contribution is 7.89. The Hall–Kier alpha value is -1.11. The van der Waals surface area contributed by atoms with Crippen molar-refractivity contribution in [1.82, 2.24) is 9.21 Å². The molecule has 0 aromatic heterocycles. The van der Waals surface area contributed by atoms with E-state index in [9.17, 15) is 8.42 Å². The van der Waals surface area contributed by atoms with Crippen molar-refractivity contribution in [2.75, 3.05) is 45.1 Å². The van der Waals surface area contributed by atoms with Gasteiger partial charge in [0.2, 0.25) is 10.0 Å². The summed E-state index contributed by atoms with van der Waals surface area (Å²) in [7, 11) is -3.13. The van der Waals surface area contributed by atoms with Gasteiger partial charge >= 0.3 is 0 Å². The van der Waals surface area contributed by atoms with Gasteiger partial charge in [-0.3, -0.25) is 0 Å². The molecule has 158 valence electrons. The lowest BCUT2D eigenvalue weighted by Gasteiger charge is -2.26. The lowest BCUT2D eigenvalue weighted by atomic mass is 10.0. The molecule has 2 aliphatic rings. The van der Waals surface area contributed by atoms with Crippen molar-refractivity contribution >= 4 is 10.0 Å². The topological polar surface area (TPSA) is 49.9 Å². The monoisotopic (exact) mass is 408 g/mol. The van der Waals surface area contributed by atoms with Gasteiger partial charge < -0.3 is 9.64 Å². The van der Waals surface area contributed by atoms with Gasteiger partial charge in [-0.1, -0.05) is 25.8 Å². The number of piperidine rings is 1. The first kappa shape index (κ1) is 21.6. The van der Waals surface area contributed by atoms with Gasteiger partial charge in [0.15, 0.2) is 0 Å². The van der Waals surface area contributed by atoms with Crippen LogP contribution in [-0.4, -0.2) is 62.7 Å². The average Bonchev–Trinajstić information content (AvgIpc) is 2.93. The fourth-order valence-corrected chi connectivity index (χ4v) is 5.82. The zero-order chi connectivity index (χ0) is 19.8. The number of sulfonamides is 1. The van der Waals surface area contributed by atoms with Crippen LogP contribution in [0.5, 0.6) is 5.75 Å². The van der Waals surface area contributed by atoms with E-state index >= 15 is 0 Å². The number of nitrogens with zero attached hydrogens (tertiary/aromatic N) is 2. The van der Waals surface area contributed by atoms with Crippen LogP contribution in [0.1, 0.15) is 56.6 Å². The summed E-state index contributed by atoms with van der Waals surface area (Å²) in [6, 6.07) is 6.29. The molecule has 0 N–H and O–H groups in total. The van der Waals surface area contributed by atoms with Crippen molar-refractivity contribution < 1.29 is 13.2 Å². The smallest absolute Gasteiger partial charge is 0.214 e. The summed E-state index contributed by atoms with van der Waals surface area (Å²) in [6.07, 6.45) is 8.29. The largest absolute Gasteiger partial charge is 0.494 e. The maximum atomic E-state index is 12.5. The molecule has 0 saturated carbocycles. The van der Waals surface area contributed by atoms with Crippen LogP contribution >= 0.6 is 0 Å². The van der Waals surface area contributed by atoms with E-state index in [1.807, 2.05) is 13.0 Å². The van der Waals surface area contributed by atoms with Gasteiger partial charge in [-0.25, -0.2) is 12.7 Å². The Morgan fingerprint density at radius 1 is 0.964 bits per heavy atom. The molecule has 1 aromatic rings. The summed E-state index contributed by atoms with van der Waals surface area (Å²) in [5.41, 5.74) is 2.50. The predicted octanol–water partition coefficient (Wildman–Crippen LogP) is 3.47. The highest BCUT2D eigenvalue weighted by Crippen LogP contribution is 2.23. The Morgan fingerprint density at radius 3 is 2.46 bits per heavy atom. The third kappa shape index (κ3) is 6.19. The first-order valence-electron chi connectivity index (χ1n) is 11.0. The van der Waals surface area contributed by atoms with Gasteiger partial charge in [-0.2, -0.15) is 0 Å². The molecule has 1 fully saturated rings. The van der Waals surface area contributed by atoms with Crippen LogP contribution in [0.2, 0.25) is 0 Å². The number of rotatable bonds is 9. The Bertz CT molecular complexity index is 714. The summed E-state index contributed by atoms with van der Waals surface area (Å²) in [5.74, 6) is 1.19. The molecule has 0 amide bonds. The molecule has 0 atom stereocenters. The zero-order valence-corrected chi connectivity index (χ0v) is 18.2. The molecule has 1 saturated heterocycles. The van der Waals surface area contributed by atoms with Crippen LogP contribution < -0.4 is 4.74 Å². The zero-order valence-electron chi connectivity index (χ0n) is 17.4. The first-order valence-corrected chi connectivity index (χ1v) is 12.6. The Kier molecular flexibility index (Phi) is 8.18. The van der Waals surface area contributed by atoms with E-state index in [-0.39, 0.29) is 5.75 Å². The second kappa shape index (κ2) is 10.6. The maximum absolute atomic E-state index is 12.5. The number of unbranched alkanes of at least 4 members (excludes halogenated alkanes) is 1. The van der Waals surface area contributed by atoms with Crippen molar-refractivity contribution in [2.45, 2.75) is 58.3 Å². The highest BCUT2D eigenvalue weighted by atomic mass is 32.2. The van der Waals surface area contributed by atoms with Gasteiger partial charge in [-0.15, -0.1) is 0 Å². The molecule has 0 spiro atoms. The lowest BCUT2D eigenvalue weighted by molar-refractivity contribution is 0.205. The minimum atomic E-state index is -3.13. The maximum Gasteiger partial charge on any atom is 0.214 e. The number of benzene rings is 1. The van der Waals surface area contributed by atoms with Gasteiger partial charge in [0.1, 0.15) is 5.75 Å². The fourth-order valence-electron chi connectivity index (χ4n) is 4.17. The summed E-state index contributed by atoms with van der Waals surface area (Å²) < 4.78 is 32.7. The molecule has 1 aromatic carbocycles. The van der Waals surface area contributed by atoms with Crippen LogP contribution in [0.25, 0.3) is 0 Å². The molecule has 0 radical (unpaired) electrons. The van der Waals surface area contributed by atoms with Crippen molar-refractivity contribution in [3.8, 4) is 5.75 Å². The molecular formula is C22H36N2O3S. The minimum absolute atomic E-state index is 0.269. The molecule has 0 aliphatic carbocycles. The summed E-state index contributed by atoms with van der Waals surface area (Å²) in [6.45, 7) is 7.53. The van der Waals surface area contributed by atoms with E-state index in [1.54, 1.807) is 4.31 Å². The van der Waals surface area contributed by atoms with E-state index in [0.717, 1.165) is 51.0 Å². The Morgan fingerprint density at radius 2 is 1.71 bits per heavy atom. The number of likely N-dealkylation sites (tertiary alicyclic amines) is 1. The third-order valence-corrected chi connectivity index (χ3v) is 7.88. The lowest BCUT2D eigenvalue weighted by Crippen LogP contribution is -2.35. The molecule has 28 heavy (non-hydrogen) atoms. The van der Waals surface area contributed by atoms with E-state index in [2.05, 4.69) is 17.0 Å². The number of hydrogen-bond acceptors (Lipinski definition) is 4. The van der Waals surface area contributed by atoms with Crippen molar-refractivity contribution in [1.29, 1.82) is 0 Å². The van der Waals surface area contributed by atoms with Gasteiger partial charge in [0.25, 0.3) is 0 Å². The van der Waals surface area contributed by atoms with E-state index in [0.29, 0.717) is 13.1 Å². The van der Waals surface area contributed by atoms with Gasteiger partial charge in [0.05, 0.1) is 12.4 Å². The molecule has 2 heterocycles. The predicted molar refractivity (Wildman–Crippen MR) is 115 cm³/mol. The molecule has 0 bridgehead atoms. The third-order valence-electron chi connectivity index (χ3n) is 5.92. The van der Waals surface area contributed by atoms with Crippen molar-refractivity contribution in [3.05, 3.63) is 29.3 Å². The normalized spacial score (nSPS) is 19.2. The number of fused-ring (bicyclic) bond motifs is 1. The Balaban J connectivity index is 1.49. The second-order valence-electron chi connectivity index (χ2n) is 8.10. The minimum Gasteiger partial charge on any atom is -0.494 e. The summed E-state index contributed by atoms with van der Waals surface area (Å²) in [5, 5.41) is 0. The van der Waals surface area contributed by atoms with Crippen molar-refractivity contribution in [3.63, 3.8) is 0 Å². The van der Waals surface area contributed by atoms with Crippen LogP contribution in [0.3, 0.4) is 0 Å². The molecule has 0 unspecified atom stereocenters. The van der Waals surface area contributed by atoms with Gasteiger partial charge in [-0.05, 0) is 74.9 Å². The van der Waals surface area contributed by atoms with Crippen LogP contribution in [0.4, 0.5) is 0 Å². The Labute approximate surface area is 171 Å². The fraction of sp³-hybridized carbons (Fsp3) is 0.727. The molecule has 2 aliphatic heterocycles. The first-order chi connectivity index (χ1) is 13.6. The summed E-state index contributed by atoms with van der Waals surface area (Å²) >= 11 is 0. The summed E-state index contributed by atoms with van der Waals surface area (Å²) in [4.78, 5) is 2.54. The molecule has 6 heteroatoms. The SMILES string of the molecule is CCCCS(=O)(=O)N1CCc2ccc(OCCCN3CCCCC3)cc2CC1. The number of ether oxygens (including phenoxy) is 1. The second-order valence-corrected chi connectivity index (χ2v) is 10.2. The highest BCUT2D eigenvalue weighted by Gasteiger charge is 2.24.